The van der Waals surface area contributed by atoms with Crippen LogP contribution < -0.4 is 68.5 Å². The van der Waals surface area contributed by atoms with Crippen LogP contribution in [0.15, 0.2) is 29.8 Å². The zero-order valence-electron chi connectivity index (χ0n) is 13.1. The van der Waals surface area contributed by atoms with Gasteiger partial charge in [0.05, 0.1) is 0 Å². The van der Waals surface area contributed by atoms with Crippen molar-refractivity contribution in [3.8, 4) is 5.75 Å². The van der Waals surface area contributed by atoms with E-state index in [1.807, 2.05) is 6.08 Å². The molecule has 1 unspecified atom stereocenters. The van der Waals surface area contributed by atoms with Crippen LogP contribution in [-0.4, -0.2) is 13.0 Å². The number of hydrogen-bond donors (Lipinski definition) is 0. The van der Waals surface area contributed by atoms with Crippen LogP contribution in [0.1, 0.15) is 32.3 Å². The summed E-state index contributed by atoms with van der Waals surface area (Å²) < 4.78 is 36.7. The van der Waals surface area contributed by atoms with Gasteiger partial charge in [0.1, 0.15) is 21.2 Å². The molecule has 1 rings (SSSR count). The van der Waals surface area contributed by atoms with Gasteiger partial charge < -0.3 is 14.0 Å². The van der Waals surface area contributed by atoms with E-state index in [0.717, 1.165) is 18.4 Å². The fraction of sp³-hybridized carbons (Fsp3) is 0.333. The van der Waals surface area contributed by atoms with Gasteiger partial charge in [-0.2, -0.15) is 0 Å². The molecule has 112 valence electrons. The molecule has 0 radical (unpaired) electrons. The van der Waals surface area contributed by atoms with E-state index < -0.39 is 15.4 Å². The van der Waals surface area contributed by atoms with Crippen molar-refractivity contribution >= 4 is 33.3 Å². The van der Waals surface area contributed by atoms with E-state index in [4.69, 9.17) is 0 Å². The first-order valence-electron chi connectivity index (χ1n) is 5.95. The molecule has 0 bridgehead atoms. The van der Waals surface area contributed by atoms with Crippen molar-refractivity contribution in [3.05, 3.63) is 35.4 Å². The summed E-state index contributed by atoms with van der Waals surface area (Å²) >= 11 is 4.22. The molecule has 0 aliphatic carbocycles. The summed E-state index contributed by atoms with van der Waals surface area (Å²) in [6.07, 6.45) is 3.87. The monoisotopic (exact) mass is 380 g/mol. The number of benzene rings is 1. The Hall–Kier alpha value is 1.28. The minimum atomic E-state index is -5.15. The average molecular weight is 380 g/mol. The van der Waals surface area contributed by atoms with Crippen LogP contribution >= 0.6 is 5.69 Å². The second kappa shape index (κ2) is 11.0. The molecule has 0 spiro atoms. The van der Waals surface area contributed by atoms with Gasteiger partial charge in [-0.05, 0) is 30.5 Å². The number of hydrogen-bond acceptors (Lipinski definition) is 6. The Morgan fingerprint density at radius 3 is 2.05 bits per heavy atom. The smallest absolute Gasteiger partial charge is 0.781 e. The molecule has 0 aromatic heterocycles. The van der Waals surface area contributed by atoms with Gasteiger partial charge in [0, 0.05) is 0 Å². The molecule has 0 aliphatic heterocycles. The van der Waals surface area contributed by atoms with Crippen molar-refractivity contribution in [1.29, 1.82) is 0 Å². The normalized spacial score (nSPS) is 13.1. The van der Waals surface area contributed by atoms with Gasteiger partial charge in [0.15, 0.2) is 0 Å². The molecular formula is C12H15Na2O5PS2. The van der Waals surface area contributed by atoms with E-state index in [2.05, 4.69) is 30.2 Å². The van der Waals surface area contributed by atoms with Gasteiger partial charge >= 0.3 is 59.1 Å². The molecule has 22 heavy (non-hydrogen) atoms. The maximum absolute atomic E-state index is 11.4. The standard InChI is InChI=1S/C12H17O5PS2.2Na/c1-3-10(4-2)9-11-5-7-12(8-6-11)17-18(13,19)20(14,15)16;;/h5-9H,3-4H2,1-2H3,(H,13,19)(H,14,15,16);;/q;2*+1/p-2. The molecule has 0 N–H and O–H groups in total. The van der Waals surface area contributed by atoms with Crippen molar-refractivity contribution < 1.29 is 81.5 Å². The van der Waals surface area contributed by atoms with Crippen LogP contribution in [0.4, 0.5) is 0 Å². The molecule has 1 aromatic rings. The Balaban J connectivity index is 0. The van der Waals surface area contributed by atoms with Gasteiger partial charge in [-0.15, -0.1) is 0 Å². The predicted octanol–water partition coefficient (Wildman–Crippen LogP) is -3.59. The van der Waals surface area contributed by atoms with E-state index in [1.165, 1.54) is 17.7 Å². The van der Waals surface area contributed by atoms with Crippen LogP contribution in [0.2, 0.25) is 0 Å². The Morgan fingerprint density at radius 1 is 1.23 bits per heavy atom. The van der Waals surface area contributed by atoms with Gasteiger partial charge in [-0.25, -0.2) is 8.42 Å². The maximum atomic E-state index is 11.4. The van der Waals surface area contributed by atoms with E-state index in [0.29, 0.717) is 0 Å². The van der Waals surface area contributed by atoms with Crippen molar-refractivity contribution in [1.82, 2.24) is 0 Å². The molecule has 10 heteroatoms. The minimum absolute atomic E-state index is 0. The zero-order valence-corrected chi connectivity index (χ0v) is 19.6. The zero-order chi connectivity index (χ0) is 15.4. The van der Waals surface area contributed by atoms with Gasteiger partial charge in [-0.1, -0.05) is 49.4 Å². The van der Waals surface area contributed by atoms with Gasteiger partial charge in [0.25, 0.3) is 0 Å². The number of rotatable bonds is 6. The Morgan fingerprint density at radius 2 is 1.68 bits per heavy atom. The Bertz CT molecular complexity index is 638. The molecule has 0 saturated carbocycles. The van der Waals surface area contributed by atoms with Crippen LogP contribution in [-0.2, 0) is 21.5 Å². The van der Waals surface area contributed by atoms with E-state index in [9.17, 15) is 17.9 Å². The van der Waals surface area contributed by atoms with Crippen LogP contribution in [0.3, 0.4) is 0 Å². The largest absolute Gasteiger partial charge is 1.00 e. The molecule has 0 aliphatic rings. The molecule has 1 aromatic carbocycles. The van der Waals surface area contributed by atoms with E-state index >= 15 is 0 Å². The average Bonchev–Trinajstić information content (AvgIpc) is 2.36. The Labute approximate surface area is 180 Å². The topological polar surface area (TPSA) is 89.5 Å². The summed E-state index contributed by atoms with van der Waals surface area (Å²) in [7, 11) is -5.15. The van der Waals surface area contributed by atoms with Crippen molar-refractivity contribution in [2.45, 2.75) is 26.7 Å². The first-order chi connectivity index (χ1) is 9.19. The summed E-state index contributed by atoms with van der Waals surface area (Å²) in [5, 5.41) is 0. The van der Waals surface area contributed by atoms with Crippen LogP contribution in [0.5, 0.6) is 5.75 Å². The number of allylic oxidation sites excluding steroid dienone is 1. The van der Waals surface area contributed by atoms with Crippen molar-refractivity contribution in [2.24, 2.45) is 0 Å². The van der Waals surface area contributed by atoms with Gasteiger partial charge in [0.2, 0.25) is 0 Å². The first-order valence-corrected chi connectivity index (χ1v) is 10.6. The summed E-state index contributed by atoms with van der Waals surface area (Å²) in [4.78, 5) is 11.4. The Kier molecular flexibility index (Phi) is 12.8. The fourth-order valence-corrected chi connectivity index (χ4v) is 2.75. The molecule has 1 atom stereocenters. The molecule has 5 nitrogen and oxygen atoms in total. The minimum Gasteiger partial charge on any atom is -0.781 e. The van der Waals surface area contributed by atoms with Crippen molar-refractivity contribution in [2.75, 3.05) is 0 Å². The molecule has 0 heterocycles. The van der Waals surface area contributed by atoms with E-state index in [1.54, 1.807) is 12.1 Å². The van der Waals surface area contributed by atoms with Crippen molar-refractivity contribution in [3.63, 3.8) is 0 Å². The maximum Gasteiger partial charge on any atom is 1.00 e. The second-order valence-corrected chi connectivity index (χ2v) is 10.9. The third-order valence-electron chi connectivity index (χ3n) is 2.65. The van der Waals surface area contributed by atoms with Crippen LogP contribution in [0, 0.1) is 0 Å². The third kappa shape index (κ3) is 7.90. The second-order valence-electron chi connectivity index (χ2n) is 4.04. The summed E-state index contributed by atoms with van der Waals surface area (Å²) in [6, 6.07) is 6.21. The first kappa shape index (κ1) is 25.5. The summed E-state index contributed by atoms with van der Waals surface area (Å²) in [5.41, 5.74) is -2.51. The molecular weight excluding hydrogens is 365 g/mol. The van der Waals surface area contributed by atoms with E-state index in [-0.39, 0.29) is 64.9 Å². The molecule has 0 fully saturated rings. The molecule has 0 saturated heterocycles. The molecule has 0 amide bonds. The third-order valence-corrected chi connectivity index (χ3v) is 7.37. The van der Waals surface area contributed by atoms with Crippen LogP contribution in [0.25, 0.3) is 6.08 Å². The SMILES string of the molecule is CCC(=Cc1ccc(OP([O-])(=S)S(=O)(=O)[O-])cc1)CC.[Na+].[Na+]. The summed E-state index contributed by atoms with van der Waals surface area (Å²) in [6.45, 7) is 4.11. The quantitative estimate of drug-likeness (QED) is 0.288. The summed E-state index contributed by atoms with van der Waals surface area (Å²) in [5.74, 6) is -0.00513. The fourth-order valence-electron chi connectivity index (χ4n) is 1.49. The van der Waals surface area contributed by atoms with Gasteiger partial charge in [-0.3, -0.25) is 0 Å². The predicted molar refractivity (Wildman–Crippen MR) is 79.6 cm³/mol.